The van der Waals surface area contributed by atoms with Crippen molar-refractivity contribution in [3.8, 4) is 11.1 Å². The number of rotatable bonds is 6. The Bertz CT molecular complexity index is 1280. The van der Waals surface area contributed by atoms with Gasteiger partial charge < -0.3 is 9.88 Å². The van der Waals surface area contributed by atoms with Crippen molar-refractivity contribution >= 4 is 5.91 Å². The van der Waals surface area contributed by atoms with E-state index in [1.165, 1.54) is 22.3 Å². The highest BCUT2D eigenvalue weighted by Gasteiger charge is 2.19. The number of aromatic nitrogens is 4. The van der Waals surface area contributed by atoms with Gasteiger partial charge in [-0.2, -0.15) is 0 Å². The summed E-state index contributed by atoms with van der Waals surface area (Å²) in [7, 11) is 0. The zero-order valence-electron chi connectivity index (χ0n) is 19.3. The second-order valence-electron chi connectivity index (χ2n) is 8.62. The molecule has 7 nitrogen and oxygen atoms in total. The Labute approximate surface area is 199 Å². The molecule has 4 aromatic rings. The van der Waals surface area contributed by atoms with Crippen molar-refractivity contribution < 1.29 is 4.79 Å². The van der Waals surface area contributed by atoms with E-state index < -0.39 is 0 Å². The summed E-state index contributed by atoms with van der Waals surface area (Å²) in [6.45, 7) is 6.01. The van der Waals surface area contributed by atoms with E-state index in [4.69, 9.17) is 0 Å². The SMILES string of the molecule is Cc1ccccc1-c1cccc(CN2CCc3nnc(CNC(=O)c4ccccn4)n3CC2)c1. The number of fused-ring (bicyclic) bond motifs is 1. The Morgan fingerprint density at radius 2 is 1.85 bits per heavy atom. The maximum Gasteiger partial charge on any atom is 0.270 e. The lowest BCUT2D eigenvalue weighted by atomic mass is 9.99. The monoisotopic (exact) mass is 452 g/mol. The molecule has 0 fully saturated rings. The van der Waals surface area contributed by atoms with Crippen molar-refractivity contribution in [2.45, 2.75) is 33.0 Å². The van der Waals surface area contributed by atoms with Crippen LogP contribution in [0.15, 0.2) is 72.9 Å². The predicted molar refractivity (Wildman–Crippen MR) is 131 cm³/mol. The number of carbonyl (C=O) groups is 1. The average Bonchev–Trinajstić information content (AvgIpc) is 3.15. The molecule has 1 aliphatic heterocycles. The molecule has 7 heteroatoms. The Balaban J connectivity index is 1.22. The number of hydrogen-bond donors (Lipinski definition) is 1. The van der Waals surface area contributed by atoms with E-state index in [-0.39, 0.29) is 5.91 Å². The molecule has 3 heterocycles. The summed E-state index contributed by atoms with van der Waals surface area (Å²) in [5, 5.41) is 11.6. The molecule has 0 aliphatic carbocycles. The first-order valence-electron chi connectivity index (χ1n) is 11.6. The van der Waals surface area contributed by atoms with Crippen LogP contribution in [0, 0.1) is 6.92 Å². The molecular formula is C27H28N6O. The van der Waals surface area contributed by atoms with Crippen LogP contribution in [0.25, 0.3) is 11.1 Å². The molecule has 0 unspecified atom stereocenters. The fraction of sp³-hybridized carbons (Fsp3) is 0.259. The molecule has 2 aromatic carbocycles. The second-order valence-corrected chi connectivity index (χ2v) is 8.62. The molecule has 1 aliphatic rings. The maximum atomic E-state index is 12.3. The lowest BCUT2D eigenvalue weighted by molar-refractivity contribution is 0.0944. The van der Waals surface area contributed by atoms with Crippen molar-refractivity contribution in [2.75, 3.05) is 13.1 Å². The first-order valence-corrected chi connectivity index (χ1v) is 11.6. The van der Waals surface area contributed by atoms with Gasteiger partial charge in [0.25, 0.3) is 5.91 Å². The minimum atomic E-state index is -0.207. The van der Waals surface area contributed by atoms with Gasteiger partial charge in [0.05, 0.1) is 6.54 Å². The molecule has 0 atom stereocenters. The zero-order valence-corrected chi connectivity index (χ0v) is 19.3. The molecule has 0 spiro atoms. The minimum absolute atomic E-state index is 0.207. The molecular weight excluding hydrogens is 424 g/mol. The fourth-order valence-corrected chi connectivity index (χ4v) is 4.45. The quantitative estimate of drug-likeness (QED) is 0.483. The minimum Gasteiger partial charge on any atom is -0.343 e. The molecule has 34 heavy (non-hydrogen) atoms. The number of benzene rings is 2. The van der Waals surface area contributed by atoms with Crippen molar-refractivity contribution in [3.63, 3.8) is 0 Å². The molecule has 0 saturated carbocycles. The number of pyridine rings is 1. The van der Waals surface area contributed by atoms with Gasteiger partial charge >= 0.3 is 0 Å². The van der Waals surface area contributed by atoms with Gasteiger partial charge in [0, 0.05) is 38.8 Å². The van der Waals surface area contributed by atoms with Gasteiger partial charge in [0.1, 0.15) is 11.5 Å². The normalized spacial score (nSPS) is 13.8. The van der Waals surface area contributed by atoms with Gasteiger partial charge in [-0.3, -0.25) is 14.7 Å². The highest BCUT2D eigenvalue weighted by atomic mass is 16.1. The van der Waals surface area contributed by atoms with Gasteiger partial charge in [-0.25, -0.2) is 0 Å². The van der Waals surface area contributed by atoms with Crippen LogP contribution in [0.5, 0.6) is 0 Å². The average molecular weight is 453 g/mol. The number of amides is 1. The highest BCUT2D eigenvalue weighted by molar-refractivity contribution is 5.92. The van der Waals surface area contributed by atoms with E-state index in [1.807, 2.05) is 0 Å². The van der Waals surface area contributed by atoms with E-state index in [0.717, 1.165) is 44.2 Å². The standard InChI is InChI=1S/C27H28N6O/c1-20-7-2-3-10-23(20)22-9-6-8-21(17-22)19-32-14-12-25-30-31-26(33(25)16-15-32)18-29-27(34)24-11-4-5-13-28-24/h2-11,13,17H,12,14-16,18-19H2,1H3,(H,29,34). The summed E-state index contributed by atoms with van der Waals surface area (Å²) in [4.78, 5) is 18.9. The summed E-state index contributed by atoms with van der Waals surface area (Å²) >= 11 is 0. The van der Waals surface area contributed by atoms with Crippen molar-refractivity contribution in [1.82, 2.24) is 30.0 Å². The smallest absolute Gasteiger partial charge is 0.270 e. The first-order chi connectivity index (χ1) is 16.7. The van der Waals surface area contributed by atoms with Crippen molar-refractivity contribution in [3.05, 3.63) is 101 Å². The summed E-state index contributed by atoms with van der Waals surface area (Å²) < 4.78 is 2.14. The van der Waals surface area contributed by atoms with Gasteiger partial charge in [-0.15, -0.1) is 10.2 Å². The largest absolute Gasteiger partial charge is 0.343 e. The molecule has 0 bridgehead atoms. The van der Waals surface area contributed by atoms with Crippen LogP contribution in [0.1, 0.15) is 33.3 Å². The summed E-state index contributed by atoms with van der Waals surface area (Å²) in [5.41, 5.74) is 5.53. The van der Waals surface area contributed by atoms with Crippen LogP contribution in [-0.4, -0.2) is 43.6 Å². The Morgan fingerprint density at radius 3 is 2.71 bits per heavy atom. The van der Waals surface area contributed by atoms with E-state index in [9.17, 15) is 4.79 Å². The van der Waals surface area contributed by atoms with Crippen LogP contribution in [0.2, 0.25) is 0 Å². The predicted octanol–water partition coefficient (Wildman–Crippen LogP) is 3.64. The third-order valence-electron chi connectivity index (χ3n) is 6.29. The van der Waals surface area contributed by atoms with E-state index in [0.29, 0.717) is 12.2 Å². The van der Waals surface area contributed by atoms with E-state index >= 15 is 0 Å². The van der Waals surface area contributed by atoms with Crippen molar-refractivity contribution in [1.29, 1.82) is 0 Å². The summed E-state index contributed by atoms with van der Waals surface area (Å²) in [6, 6.07) is 22.6. The molecule has 172 valence electrons. The van der Waals surface area contributed by atoms with Gasteiger partial charge in [0.15, 0.2) is 5.82 Å². The molecule has 0 saturated heterocycles. The zero-order chi connectivity index (χ0) is 23.3. The van der Waals surface area contributed by atoms with Crippen LogP contribution in [-0.2, 0) is 26.1 Å². The van der Waals surface area contributed by atoms with Crippen LogP contribution < -0.4 is 5.32 Å². The lowest BCUT2D eigenvalue weighted by Gasteiger charge is -2.20. The molecule has 2 aromatic heterocycles. The fourth-order valence-electron chi connectivity index (χ4n) is 4.45. The molecule has 0 radical (unpaired) electrons. The Morgan fingerprint density at radius 1 is 0.971 bits per heavy atom. The van der Waals surface area contributed by atoms with Crippen LogP contribution in [0.4, 0.5) is 0 Å². The molecule has 5 rings (SSSR count). The highest BCUT2D eigenvalue weighted by Crippen LogP contribution is 2.24. The summed E-state index contributed by atoms with van der Waals surface area (Å²) in [6.07, 6.45) is 2.45. The van der Waals surface area contributed by atoms with Crippen LogP contribution >= 0.6 is 0 Å². The van der Waals surface area contributed by atoms with Gasteiger partial charge in [0.2, 0.25) is 0 Å². The topological polar surface area (TPSA) is 75.9 Å². The Kier molecular flexibility index (Phi) is 6.44. The third kappa shape index (κ3) is 4.89. The van der Waals surface area contributed by atoms with E-state index in [2.05, 4.69) is 85.4 Å². The molecule has 1 amide bonds. The Hall–Kier alpha value is -3.84. The second kappa shape index (κ2) is 9.97. The number of aryl methyl sites for hydroxylation is 1. The van der Waals surface area contributed by atoms with Gasteiger partial charge in [-0.05, 0) is 47.4 Å². The summed E-state index contributed by atoms with van der Waals surface area (Å²) in [5.74, 6) is 1.54. The lowest BCUT2D eigenvalue weighted by Crippen LogP contribution is -2.28. The number of nitrogens with one attached hydrogen (secondary N) is 1. The number of nitrogens with zero attached hydrogens (tertiary/aromatic N) is 5. The van der Waals surface area contributed by atoms with Crippen LogP contribution in [0.3, 0.4) is 0 Å². The maximum absolute atomic E-state index is 12.3. The van der Waals surface area contributed by atoms with Crippen molar-refractivity contribution in [2.24, 2.45) is 0 Å². The van der Waals surface area contributed by atoms with E-state index in [1.54, 1.807) is 24.4 Å². The number of hydrogen-bond acceptors (Lipinski definition) is 5. The molecule has 1 N–H and O–H groups in total. The van der Waals surface area contributed by atoms with Gasteiger partial charge in [-0.1, -0.05) is 48.5 Å². The third-order valence-corrected chi connectivity index (χ3v) is 6.29. The first kappa shape index (κ1) is 22.0. The number of carbonyl (C=O) groups excluding carboxylic acids is 1.